The van der Waals surface area contributed by atoms with E-state index in [4.69, 9.17) is 4.74 Å². The maximum absolute atomic E-state index is 10.7. The van der Waals surface area contributed by atoms with E-state index in [1.165, 1.54) is 32.1 Å². The molecule has 1 aliphatic heterocycles. The molecule has 0 aromatic heterocycles. The van der Waals surface area contributed by atoms with E-state index in [1.54, 1.807) is 0 Å². The van der Waals surface area contributed by atoms with Crippen molar-refractivity contribution in [3.8, 4) is 0 Å². The second-order valence-electron chi connectivity index (χ2n) is 6.52. The molecule has 0 radical (unpaired) electrons. The fraction of sp³-hybridized carbons (Fsp3) is 1.00. The highest BCUT2D eigenvalue weighted by atomic mass is 16.5. The first-order chi connectivity index (χ1) is 8.09. The minimum absolute atomic E-state index is 0.261. The van der Waals surface area contributed by atoms with Gasteiger partial charge in [0.1, 0.15) is 0 Å². The van der Waals surface area contributed by atoms with E-state index in [0.717, 1.165) is 31.8 Å². The van der Waals surface area contributed by atoms with Crippen LogP contribution in [0.4, 0.5) is 0 Å². The van der Waals surface area contributed by atoms with E-state index in [-0.39, 0.29) is 6.10 Å². The number of rotatable bonds is 4. The summed E-state index contributed by atoms with van der Waals surface area (Å²) in [5.74, 6) is 1.41. The predicted octanol–water partition coefficient (Wildman–Crippen LogP) is 3.52. The van der Waals surface area contributed by atoms with Crippen LogP contribution in [-0.2, 0) is 4.74 Å². The highest BCUT2D eigenvalue weighted by Gasteiger charge is 2.36. The minimum atomic E-state index is -0.435. The maximum atomic E-state index is 10.7. The van der Waals surface area contributed by atoms with E-state index >= 15 is 0 Å². The molecule has 1 heterocycles. The summed E-state index contributed by atoms with van der Waals surface area (Å²) < 4.78 is 5.75. The number of ether oxygens (including phenoxy) is 1. The van der Waals surface area contributed by atoms with Crippen molar-refractivity contribution >= 4 is 0 Å². The summed E-state index contributed by atoms with van der Waals surface area (Å²) in [5.41, 5.74) is -0.435. The quantitative estimate of drug-likeness (QED) is 0.814. The van der Waals surface area contributed by atoms with Gasteiger partial charge >= 0.3 is 0 Å². The van der Waals surface area contributed by atoms with Gasteiger partial charge < -0.3 is 9.84 Å². The molecular formula is C15H28O2. The number of aliphatic hydroxyl groups is 1. The van der Waals surface area contributed by atoms with Crippen LogP contribution in [0.5, 0.6) is 0 Å². The second kappa shape index (κ2) is 5.71. The van der Waals surface area contributed by atoms with Gasteiger partial charge in [-0.1, -0.05) is 39.5 Å². The van der Waals surface area contributed by atoms with E-state index in [2.05, 4.69) is 13.8 Å². The van der Waals surface area contributed by atoms with Gasteiger partial charge in [0.15, 0.2) is 0 Å². The Morgan fingerprint density at radius 2 is 2.00 bits per heavy atom. The van der Waals surface area contributed by atoms with Gasteiger partial charge in [-0.25, -0.2) is 0 Å². The lowest BCUT2D eigenvalue weighted by Gasteiger charge is -2.39. The minimum Gasteiger partial charge on any atom is -0.390 e. The molecule has 2 unspecified atom stereocenters. The molecule has 1 aliphatic carbocycles. The molecule has 17 heavy (non-hydrogen) atoms. The fourth-order valence-corrected chi connectivity index (χ4v) is 3.36. The average molecular weight is 240 g/mol. The van der Waals surface area contributed by atoms with Crippen molar-refractivity contribution < 1.29 is 9.84 Å². The SMILES string of the molecule is CC(C)C1CC(O)(CCC2CCCC2)CCO1. The molecule has 1 N–H and O–H groups in total. The molecule has 2 fully saturated rings. The molecule has 1 saturated carbocycles. The number of hydrogen-bond donors (Lipinski definition) is 1. The van der Waals surface area contributed by atoms with Gasteiger partial charge in [-0.2, -0.15) is 0 Å². The maximum Gasteiger partial charge on any atom is 0.0694 e. The van der Waals surface area contributed by atoms with Gasteiger partial charge in [-0.15, -0.1) is 0 Å². The molecule has 0 bridgehead atoms. The van der Waals surface area contributed by atoms with Crippen LogP contribution < -0.4 is 0 Å². The molecule has 2 heteroatoms. The largest absolute Gasteiger partial charge is 0.390 e. The molecule has 0 aromatic rings. The van der Waals surface area contributed by atoms with Crippen molar-refractivity contribution in [1.29, 1.82) is 0 Å². The van der Waals surface area contributed by atoms with Crippen LogP contribution in [0.15, 0.2) is 0 Å². The van der Waals surface area contributed by atoms with Gasteiger partial charge in [0, 0.05) is 13.0 Å². The third-order valence-electron chi connectivity index (χ3n) is 4.72. The molecular weight excluding hydrogens is 212 g/mol. The lowest BCUT2D eigenvalue weighted by Crippen LogP contribution is -2.42. The zero-order valence-electron chi connectivity index (χ0n) is 11.5. The second-order valence-corrected chi connectivity index (χ2v) is 6.52. The molecule has 0 aromatic carbocycles. The van der Waals surface area contributed by atoms with Crippen LogP contribution >= 0.6 is 0 Å². The van der Waals surface area contributed by atoms with Crippen molar-refractivity contribution in [2.45, 2.75) is 76.9 Å². The highest BCUT2D eigenvalue weighted by molar-refractivity contribution is 4.87. The summed E-state index contributed by atoms with van der Waals surface area (Å²) in [7, 11) is 0. The Hall–Kier alpha value is -0.0800. The molecule has 2 atom stereocenters. The fourth-order valence-electron chi connectivity index (χ4n) is 3.36. The Morgan fingerprint density at radius 3 is 2.65 bits per heavy atom. The van der Waals surface area contributed by atoms with Gasteiger partial charge in [-0.3, -0.25) is 0 Å². The zero-order chi connectivity index (χ0) is 12.3. The van der Waals surface area contributed by atoms with Gasteiger partial charge in [-0.05, 0) is 31.1 Å². The third-order valence-corrected chi connectivity index (χ3v) is 4.72. The zero-order valence-corrected chi connectivity index (χ0v) is 11.5. The van der Waals surface area contributed by atoms with Crippen molar-refractivity contribution in [2.24, 2.45) is 11.8 Å². The average Bonchev–Trinajstić information content (AvgIpc) is 2.79. The van der Waals surface area contributed by atoms with Crippen LogP contribution in [0.25, 0.3) is 0 Å². The predicted molar refractivity (Wildman–Crippen MR) is 70.0 cm³/mol. The third kappa shape index (κ3) is 3.69. The molecule has 100 valence electrons. The first-order valence-corrected chi connectivity index (χ1v) is 7.43. The summed E-state index contributed by atoms with van der Waals surface area (Å²) in [5, 5.41) is 10.7. The Balaban J connectivity index is 1.80. The summed E-state index contributed by atoms with van der Waals surface area (Å²) in [6, 6.07) is 0. The van der Waals surface area contributed by atoms with E-state index in [1.807, 2.05) is 0 Å². The van der Waals surface area contributed by atoms with E-state index in [0.29, 0.717) is 5.92 Å². The highest BCUT2D eigenvalue weighted by Crippen LogP contribution is 2.36. The Labute approximate surface area is 106 Å². The molecule has 0 amide bonds. The first kappa shape index (κ1) is 13.4. The molecule has 2 aliphatic rings. The van der Waals surface area contributed by atoms with Crippen molar-refractivity contribution in [1.82, 2.24) is 0 Å². The Morgan fingerprint density at radius 1 is 1.29 bits per heavy atom. The van der Waals surface area contributed by atoms with Crippen LogP contribution in [0.1, 0.15) is 65.2 Å². The van der Waals surface area contributed by atoms with Crippen molar-refractivity contribution in [2.75, 3.05) is 6.61 Å². The van der Waals surface area contributed by atoms with E-state index < -0.39 is 5.60 Å². The summed E-state index contributed by atoms with van der Waals surface area (Å²) >= 11 is 0. The Kier molecular flexibility index (Phi) is 4.48. The smallest absolute Gasteiger partial charge is 0.0694 e. The van der Waals surface area contributed by atoms with Crippen LogP contribution in [0.2, 0.25) is 0 Å². The lowest BCUT2D eigenvalue weighted by atomic mass is 9.81. The Bertz CT molecular complexity index is 233. The number of hydrogen-bond acceptors (Lipinski definition) is 2. The van der Waals surface area contributed by atoms with Crippen LogP contribution in [0, 0.1) is 11.8 Å². The van der Waals surface area contributed by atoms with Gasteiger partial charge in [0.25, 0.3) is 0 Å². The standard InChI is InChI=1S/C15H28O2/c1-12(2)14-11-15(16,9-10-17-14)8-7-13-5-3-4-6-13/h12-14,16H,3-11H2,1-2H3. The topological polar surface area (TPSA) is 29.5 Å². The summed E-state index contributed by atoms with van der Waals surface area (Å²) in [6.45, 7) is 5.12. The van der Waals surface area contributed by atoms with Crippen LogP contribution in [0.3, 0.4) is 0 Å². The molecule has 2 nitrogen and oxygen atoms in total. The summed E-state index contributed by atoms with van der Waals surface area (Å²) in [4.78, 5) is 0. The normalized spacial score (nSPS) is 35.6. The van der Waals surface area contributed by atoms with Crippen LogP contribution in [-0.4, -0.2) is 23.4 Å². The molecule has 2 rings (SSSR count). The van der Waals surface area contributed by atoms with E-state index in [9.17, 15) is 5.11 Å². The van der Waals surface area contributed by atoms with Crippen molar-refractivity contribution in [3.63, 3.8) is 0 Å². The van der Waals surface area contributed by atoms with Crippen molar-refractivity contribution in [3.05, 3.63) is 0 Å². The van der Waals surface area contributed by atoms with Gasteiger partial charge in [0.05, 0.1) is 11.7 Å². The lowest BCUT2D eigenvalue weighted by molar-refractivity contribution is -0.121. The molecule has 0 spiro atoms. The monoisotopic (exact) mass is 240 g/mol. The van der Waals surface area contributed by atoms with Gasteiger partial charge in [0.2, 0.25) is 0 Å². The summed E-state index contributed by atoms with van der Waals surface area (Å²) in [6.07, 6.45) is 9.74. The first-order valence-electron chi connectivity index (χ1n) is 7.43. The molecule has 1 saturated heterocycles.